The standard InChI is InChI=1S/C25H24ClF3N6O7/c1-41-21(36)24(8-3-4-15-16(24)5-2-6-18(15)42-25(27,28)29)12-17-19(35(39)40)20(32-22(26)31-17)33-10-11-34(23(37)38)14(13-33)7-9-30/h2,5-6,14H,3-4,7-8,10-13H2,1H3,(H,37,38)/t14-,24?/m0/s1. The lowest BCUT2D eigenvalue weighted by Crippen LogP contribution is -2.55. The van der Waals surface area contributed by atoms with Gasteiger partial charge in [-0.25, -0.2) is 9.78 Å². The minimum Gasteiger partial charge on any atom is -0.468 e. The first-order valence-corrected chi connectivity index (χ1v) is 13.0. The number of nitrogens with zero attached hydrogens (tertiary/aromatic N) is 6. The van der Waals surface area contributed by atoms with Crippen LogP contribution in [0.15, 0.2) is 18.2 Å². The molecule has 1 saturated heterocycles. The fourth-order valence-corrected chi connectivity index (χ4v) is 5.89. The van der Waals surface area contributed by atoms with E-state index in [1.54, 1.807) is 0 Å². The molecule has 1 aliphatic carbocycles. The van der Waals surface area contributed by atoms with Crippen molar-refractivity contribution in [2.75, 3.05) is 31.6 Å². The van der Waals surface area contributed by atoms with Gasteiger partial charge in [-0.2, -0.15) is 10.2 Å². The fraction of sp³-hybridized carbons (Fsp3) is 0.480. The zero-order chi connectivity index (χ0) is 30.8. The predicted octanol–water partition coefficient (Wildman–Crippen LogP) is 4.01. The predicted molar refractivity (Wildman–Crippen MR) is 138 cm³/mol. The molecule has 1 unspecified atom stereocenters. The molecule has 1 aromatic heterocycles. The Morgan fingerprint density at radius 2 is 2.07 bits per heavy atom. The molecule has 2 aliphatic rings. The topological polar surface area (TPSA) is 172 Å². The number of esters is 1. The number of methoxy groups -OCH3 is 1. The van der Waals surface area contributed by atoms with E-state index in [0.29, 0.717) is 0 Å². The molecule has 0 saturated carbocycles. The SMILES string of the molecule is COC(=O)C1(Cc2nc(Cl)nc(N3CCN(C(=O)O)[C@@H](CC#N)C3)c2[N+](=O)[O-])CCCc2c(OC(F)(F)F)cccc21. The Labute approximate surface area is 241 Å². The van der Waals surface area contributed by atoms with Gasteiger partial charge in [0.2, 0.25) is 11.1 Å². The van der Waals surface area contributed by atoms with E-state index in [0.717, 1.165) is 18.1 Å². The van der Waals surface area contributed by atoms with Gasteiger partial charge in [0.15, 0.2) is 0 Å². The van der Waals surface area contributed by atoms with Crippen LogP contribution in [-0.4, -0.2) is 76.1 Å². The van der Waals surface area contributed by atoms with Gasteiger partial charge in [-0.15, -0.1) is 13.2 Å². The molecule has 1 aromatic carbocycles. The highest BCUT2D eigenvalue weighted by atomic mass is 35.5. The number of carboxylic acid groups (broad SMARTS) is 1. The Balaban J connectivity index is 1.84. The van der Waals surface area contributed by atoms with Crippen LogP contribution in [0.1, 0.15) is 36.1 Å². The minimum atomic E-state index is -5.00. The Bertz CT molecular complexity index is 1450. The second kappa shape index (κ2) is 11.8. The second-order valence-electron chi connectivity index (χ2n) is 9.74. The highest BCUT2D eigenvalue weighted by Crippen LogP contribution is 2.46. The van der Waals surface area contributed by atoms with E-state index in [1.165, 1.54) is 17.0 Å². The summed E-state index contributed by atoms with van der Waals surface area (Å²) in [4.78, 5) is 47.3. The number of carbonyl (C=O) groups excluding carboxylic acids is 1. The second-order valence-corrected chi connectivity index (χ2v) is 10.1. The number of hydrogen-bond acceptors (Lipinski definition) is 10. The average Bonchev–Trinajstić information content (AvgIpc) is 2.91. The van der Waals surface area contributed by atoms with Crippen LogP contribution in [0.25, 0.3) is 0 Å². The van der Waals surface area contributed by atoms with Crippen molar-refractivity contribution < 1.29 is 42.3 Å². The number of halogens is 4. The van der Waals surface area contributed by atoms with E-state index in [2.05, 4.69) is 14.7 Å². The Morgan fingerprint density at radius 3 is 2.69 bits per heavy atom. The first-order valence-electron chi connectivity index (χ1n) is 12.6. The van der Waals surface area contributed by atoms with E-state index in [9.17, 15) is 43.2 Å². The lowest BCUT2D eigenvalue weighted by Gasteiger charge is -2.39. The summed E-state index contributed by atoms with van der Waals surface area (Å²) in [7, 11) is 1.10. The summed E-state index contributed by atoms with van der Waals surface area (Å²) in [5, 5.41) is 30.7. The zero-order valence-electron chi connectivity index (χ0n) is 22.1. The van der Waals surface area contributed by atoms with Crippen LogP contribution in [0.2, 0.25) is 5.28 Å². The highest BCUT2D eigenvalue weighted by Gasteiger charge is 2.48. The monoisotopic (exact) mass is 612 g/mol. The molecule has 224 valence electrons. The number of aromatic nitrogens is 2. The highest BCUT2D eigenvalue weighted by molar-refractivity contribution is 6.28. The van der Waals surface area contributed by atoms with Gasteiger partial charge >= 0.3 is 24.1 Å². The Morgan fingerprint density at radius 1 is 1.33 bits per heavy atom. The van der Waals surface area contributed by atoms with Crippen molar-refractivity contribution in [3.8, 4) is 11.8 Å². The Hall–Kier alpha value is -4.39. The lowest BCUT2D eigenvalue weighted by atomic mass is 9.67. The van der Waals surface area contributed by atoms with Gasteiger partial charge in [0.05, 0.1) is 36.0 Å². The van der Waals surface area contributed by atoms with Gasteiger partial charge in [0.25, 0.3) is 0 Å². The number of fused-ring (bicyclic) bond motifs is 1. The van der Waals surface area contributed by atoms with Gasteiger partial charge < -0.3 is 24.4 Å². The number of nitro groups is 1. The number of ether oxygens (including phenoxy) is 2. The van der Waals surface area contributed by atoms with Crippen molar-refractivity contribution >= 4 is 35.2 Å². The first kappa shape index (κ1) is 30.6. The molecule has 1 N–H and O–H groups in total. The maximum absolute atomic E-state index is 13.4. The maximum atomic E-state index is 13.4. The molecular formula is C25H24ClF3N6O7. The number of rotatable bonds is 7. The number of hydrogen-bond donors (Lipinski definition) is 1. The summed E-state index contributed by atoms with van der Waals surface area (Å²) in [5.74, 6) is -1.58. The van der Waals surface area contributed by atoms with Crippen molar-refractivity contribution in [3.05, 3.63) is 50.4 Å². The third-order valence-electron chi connectivity index (χ3n) is 7.40. The molecule has 0 spiro atoms. The first-order chi connectivity index (χ1) is 19.8. The third-order valence-corrected chi connectivity index (χ3v) is 7.57. The molecule has 2 aromatic rings. The van der Waals surface area contributed by atoms with Crippen molar-refractivity contribution in [2.24, 2.45) is 0 Å². The van der Waals surface area contributed by atoms with Crippen molar-refractivity contribution in [1.29, 1.82) is 5.26 Å². The summed E-state index contributed by atoms with van der Waals surface area (Å²) >= 11 is 6.21. The number of benzene rings is 1. The molecule has 1 amide bonds. The molecule has 0 bridgehead atoms. The van der Waals surface area contributed by atoms with E-state index < -0.39 is 57.9 Å². The van der Waals surface area contributed by atoms with Crippen LogP contribution in [0.3, 0.4) is 0 Å². The fourth-order valence-electron chi connectivity index (χ4n) is 5.71. The van der Waals surface area contributed by atoms with Crippen LogP contribution in [0.4, 0.5) is 29.5 Å². The van der Waals surface area contributed by atoms with Gasteiger partial charge in [0.1, 0.15) is 11.4 Å². The third kappa shape index (κ3) is 5.96. The van der Waals surface area contributed by atoms with Gasteiger partial charge in [-0.1, -0.05) is 12.1 Å². The van der Waals surface area contributed by atoms with Gasteiger partial charge in [-0.3, -0.25) is 14.9 Å². The number of alkyl halides is 3. The number of amides is 1. The molecule has 2 heterocycles. The number of anilines is 1. The molecule has 0 radical (unpaired) electrons. The molecule has 17 heteroatoms. The molecular weight excluding hydrogens is 589 g/mol. The molecule has 1 aliphatic heterocycles. The van der Waals surface area contributed by atoms with Gasteiger partial charge in [0, 0.05) is 26.1 Å². The van der Waals surface area contributed by atoms with E-state index in [1.807, 2.05) is 6.07 Å². The van der Waals surface area contributed by atoms with E-state index >= 15 is 0 Å². The lowest BCUT2D eigenvalue weighted by molar-refractivity contribution is -0.385. The molecule has 4 rings (SSSR count). The van der Waals surface area contributed by atoms with Crippen molar-refractivity contribution in [2.45, 2.75) is 49.9 Å². The van der Waals surface area contributed by atoms with Gasteiger partial charge in [-0.05, 0) is 48.1 Å². The summed E-state index contributed by atoms with van der Waals surface area (Å²) in [6.45, 7) is -0.223. The van der Waals surface area contributed by atoms with Crippen LogP contribution in [-0.2, 0) is 27.8 Å². The average molecular weight is 613 g/mol. The van der Waals surface area contributed by atoms with Crippen molar-refractivity contribution in [3.63, 3.8) is 0 Å². The summed E-state index contributed by atoms with van der Waals surface area (Å²) < 4.78 is 48.7. The smallest absolute Gasteiger partial charge is 0.468 e. The zero-order valence-corrected chi connectivity index (χ0v) is 22.8. The Kier molecular flexibility index (Phi) is 8.62. The van der Waals surface area contributed by atoms with E-state index in [-0.39, 0.29) is 68.0 Å². The van der Waals surface area contributed by atoms with Crippen LogP contribution >= 0.6 is 11.6 Å². The van der Waals surface area contributed by atoms with Crippen molar-refractivity contribution in [1.82, 2.24) is 14.9 Å². The van der Waals surface area contributed by atoms with Crippen LogP contribution in [0.5, 0.6) is 5.75 Å². The number of piperazine rings is 1. The summed E-state index contributed by atoms with van der Waals surface area (Å²) in [6, 6.07) is 4.93. The molecule has 13 nitrogen and oxygen atoms in total. The van der Waals surface area contributed by atoms with Crippen LogP contribution < -0.4 is 9.64 Å². The largest absolute Gasteiger partial charge is 0.573 e. The summed E-state index contributed by atoms with van der Waals surface area (Å²) in [6.07, 6.45) is -6.47. The minimum absolute atomic E-state index is 0.0228. The van der Waals surface area contributed by atoms with Crippen LogP contribution in [0, 0.1) is 21.4 Å². The normalized spacial score (nSPS) is 20.3. The summed E-state index contributed by atoms with van der Waals surface area (Å²) in [5.41, 5.74) is -2.31. The maximum Gasteiger partial charge on any atom is 0.573 e. The number of carbonyl (C=O) groups is 2. The van der Waals surface area contributed by atoms with E-state index in [4.69, 9.17) is 16.3 Å². The molecule has 2 atom stereocenters. The number of nitriles is 1. The molecule has 1 fully saturated rings. The quantitative estimate of drug-likeness (QED) is 0.207. The molecule has 42 heavy (non-hydrogen) atoms.